The Kier molecular flexibility index (Phi) is 7.52. The van der Waals surface area contributed by atoms with E-state index in [-0.39, 0.29) is 6.16 Å². The van der Waals surface area contributed by atoms with Gasteiger partial charge in [0.1, 0.15) is 0 Å². The molecule has 2 aliphatic carbocycles. The van der Waals surface area contributed by atoms with E-state index in [1.807, 2.05) is 24.3 Å². The molecule has 6 heteroatoms. The van der Waals surface area contributed by atoms with Crippen LogP contribution in [0.1, 0.15) is 68.9 Å². The highest BCUT2D eigenvalue weighted by molar-refractivity contribution is 7.50. The average Bonchev–Trinajstić information content (AvgIpc) is 2.63. The van der Waals surface area contributed by atoms with Crippen molar-refractivity contribution < 1.29 is 14.4 Å². The third-order valence-corrected chi connectivity index (χ3v) is 7.05. The summed E-state index contributed by atoms with van der Waals surface area (Å²) in [6, 6.07) is 8.78. The maximum absolute atomic E-state index is 11.2. The average molecular weight is 394 g/mol. The Hall–Kier alpha value is -0.710. The minimum Gasteiger partial charge on any atom is -0.328 e. The molecule has 4 N–H and O–H groups in total. The van der Waals surface area contributed by atoms with Crippen molar-refractivity contribution in [3.8, 4) is 0 Å². The molecule has 1 aromatic carbocycles. The van der Waals surface area contributed by atoms with Crippen LogP contribution in [0.2, 0.25) is 0 Å². The minimum atomic E-state index is -4.00. The van der Waals surface area contributed by atoms with Gasteiger partial charge in [-0.2, -0.15) is 0 Å². The predicted molar refractivity (Wildman–Crippen MR) is 109 cm³/mol. The highest BCUT2D eigenvalue weighted by Gasteiger charge is 2.27. The van der Waals surface area contributed by atoms with E-state index in [9.17, 15) is 4.57 Å². The van der Waals surface area contributed by atoms with Gasteiger partial charge < -0.3 is 15.5 Å². The Bertz CT molecular complexity index is 617. The van der Waals surface area contributed by atoms with Crippen molar-refractivity contribution in [3.05, 3.63) is 35.4 Å². The maximum atomic E-state index is 11.2. The zero-order valence-electron chi connectivity index (χ0n) is 16.3. The molecule has 0 unspecified atom stereocenters. The first-order valence-electron chi connectivity index (χ1n) is 10.5. The normalized spacial score (nSPS) is 25.0. The quantitative estimate of drug-likeness (QED) is 0.608. The minimum absolute atomic E-state index is 0.181. The molecule has 5 nitrogen and oxygen atoms in total. The molecule has 0 radical (unpaired) electrons. The van der Waals surface area contributed by atoms with Crippen LogP contribution in [0, 0.1) is 5.92 Å². The summed E-state index contributed by atoms with van der Waals surface area (Å²) in [5, 5.41) is 0. The van der Waals surface area contributed by atoms with Gasteiger partial charge in [-0.1, -0.05) is 43.5 Å². The van der Waals surface area contributed by atoms with E-state index < -0.39 is 7.60 Å². The fourth-order valence-corrected chi connectivity index (χ4v) is 5.42. The number of hydrogen-bond donors (Lipinski definition) is 3. The lowest BCUT2D eigenvalue weighted by Crippen LogP contribution is -2.43. The summed E-state index contributed by atoms with van der Waals surface area (Å²) in [5.41, 5.74) is 8.05. The van der Waals surface area contributed by atoms with E-state index in [0.717, 1.165) is 25.3 Å². The van der Waals surface area contributed by atoms with Crippen LogP contribution in [0.4, 0.5) is 0 Å². The van der Waals surface area contributed by atoms with Crippen LogP contribution in [-0.2, 0) is 17.3 Å². The molecule has 0 spiro atoms. The van der Waals surface area contributed by atoms with E-state index in [2.05, 4.69) is 4.90 Å². The molecule has 2 saturated carbocycles. The summed E-state index contributed by atoms with van der Waals surface area (Å²) in [6.45, 7) is 2.09. The smallest absolute Gasteiger partial charge is 0.328 e. The second kappa shape index (κ2) is 9.67. The Morgan fingerprint density at radius 2 is 1.52 bits per heavy atom. The van der Waals surface area contributed by atoms with Crippen LogP contribution < -0.4 is 5.73 Å². The van der Waals surface area contributed by atoms with Gasteiger partial charge in [-0.3, -0.25) is 9.46 Å². The molecule has 1 aromatic rings. The third kappa shape index (κ3) is 6.99. The van der Waals surface area contributed by atoms with Crippen molar-refractivity contribution in [1.82, 2.24) is 4.90 Å². The summed E-state index contributed by atoms with van der Waals surface area (Å²) >= 11 is 0. The van der Waals surface area contributed by atoms with Crippen molar-refractivity contribution in [2.45, 2.75) is 82.6 Å². The van der Waals surface area contributed by atoms with Crippen LogP contribution in [0.3, 0.4) is 0 Å². The fraction of sp³-hybridized carbons (Fsp3) is 0.714. The van der Waals surface area contributed by atoms with E-state index >= 15 is 0 Å². The van der Waals surface area contributed by atoms with Crippen molar-refractivity contribution in [3.63, 3.8) is 0 Å². The first-order valence-corrected chi connectivity index (χ1v) is 12.3. The molecular weight excluding hydrogens is 359 g/mol. The lowest BCUT2D eigenvalue weighted by atomic mass is 9.86. The van der Waals surface area contributed by atoms with Crippen molar-refractivity contribution in [2.24, 2.45) is 11.7 Å². The van der Waals surface area contributed by atoms with Gasteiger partial charge in [0.2, 0.25) is 0 Å². The number of rotatable bonds is 7. The highest BCUT2D eigenvalue weighted by Crippen LogP contribution is 2.39. The zero-order valence-corrected chi connectivity index (χ0v) is 17.2. The van der Waals surface area contributed by atoms with E-state index in [1.54, 1.807) is 0 Å². The standard InChI is InChI=1S/C21H35N2O3P/c22-20-10-12-21(13-11-20)23(14-17-4-2-1-3-5-17)15-18-6-8-19(9-7-18)16-27(24,25)26/h6-9,17,20-21H,1-5,10-16,22H2,(H2,24,25,26). The molecule has 3 rings (SSSR count). The molecule has 0 bridgehead atoms. The Labute approximate surface area is 163 Å². The lowest BCUT2D eigenvalue weighted by molar-refractivity contribution is 0.109. The zero-order chi connectivity index (χ0) is 19.3. The largest absolute Gasteiger partial charge is 0.329 e. The summed E-state index contributed by atoms with van der Waals surface area (Å²) in [6.07, 6.45) is 11.2. The molecule has 152 valence electrons. The molecular formula is C21H35N2O3P. The predicted octanol–water partition coefficient (Wildman–Crippen LogP) is 4.02. The summed E-state index contributed by atoms with van der Waals surface area (Å²) in [5.74, 6) is 0.809. The Morgan fingerprint density at radius 3 is 2.11 bits per heavy atom. The van der Waals surface area contributed by atoms with E-state index in [0.29, 0.717) is 17.6 Å². The molecule has 0 aliphatic heterocycles. The topological polar surface area (TPSA) is 86.8 Å². The van der Waals surface area contributed by atoms with E-state index in [1.165, 1.54) is 57.1 Å². The summed E-state index contributed by atoms with van der Waals surface area (Å²) in [7, 11) is -4.00. The van der Waals surface area contributed by atoms with Gasteiger partial charge in [-0.15, -0.1) is 0 Å². The number of benzene rings is 1. The van der Waals surface area contributed by atoms with Crippen LogP contribution in [0.15, 0.2) is 24.3 Å². The first kappa shape index (κ1) is 21.0. The third-order valence-electron chi connectivity index (χ3n) is 6.27. The summed E-state index contributed by atoms with van der Waals surface area (Å²) < 4.78 is 11.2. The molecule has 2 aliphatic rings. The maximum Gasteiger partial charge on any atom is 0.329 e. The highest BCUT2D eigenvalue weighted by atomic mass is 31.2. The van der Waals surface area contributed by atoms with Gasteiger partial charge >= 0.3 is 7.60 Å². The second-order valence-electron chi connectivity index (χ2n) is 8.64. The van der Waals surface area contributed by atoms with Crippen molar-refractivity contribution >= 4 is 7.60 Å². The Balaban J connectivity index is 1.65. The van der Waals surface area contributed by atoms with Crippen LogP contribution >= 0.6 is 7.60 Å². The molecule has 2 fully saturated rings. The van der Waals surface area contributed by atoms with E-state index in [4.69, 9.17) is 15.5 Å². The number of hydrogen-bond acceptors (Lipinski definition) is 3. The SMILES string of the molecule is NC1CCC(N(Cc2ccc(CP(=O)(O)O)cc2)CC2CCCCC2)CC1. The van der Waals surface area contributed by atoms with Gasteiger partial charge in [-0.25, -0.2) is 0 Å². The van der Waals surface area contributed by atoms with Crippen molar-refractivity contribution in [2.75, 3.05) is 6.54 Å². The monoisotopic (exact) mass is 394 g/mol. The molecule has 0 atom stereocenters. The molecule has 0 saturated heterocycles. The molecule has 27 heavy (non-hydrogen) atoms. The first-order chi connectivity index (χ1) is 12.9. The van der Waals surface area contributed by atoms with Gasteiger partial charge in [0, 0.05) is 25.2 Å². The van der Waals surface area contributed by atoms with Crippen molar-refractivity contribution in [1.29, 1.82) is 0 Å². The molecule has 0 aromatic heterocycles. The lowest BCUT2D eigenvalue weighted by Gasteiger charge is -2.39. The van der Waals surface area contributed by atoms with Gasteiger partial charge in [0.25, 0.3) is 0 Å². The fourth-order valence-electron chi connectivity index (χ4n) is 4.73. The Morgan fingerprint density at radius 1 is 0.926 bits per heavy atom. The number of nitrogens with zero attached hydrogens (tertiary/aromatic N) is 1. The van der Waals surface area contributed by atoms with Gasteiger partial charge in [0.15, 0.2) is 0 Å². The van der Waals surface area contributed by atoms with Crippen LogP contribution in [0.25, 0.3) is 0 Å². The van der Waals surface area contributed by atoms with Gasteiger partial charge in [-0.05, 0) is 55.6 Å². The summed E-state index contributed by atoms with van der Waals surface area (Å²) in [4.78, 5) is 21.0. The van der Waals surface area contributed by atoms with Gasteiger partial charge in [0.05, 0.1) is 6.16 Å². The second-order valence-corrected chi connectivity index (χ2v) is 10.3. The molecule has 0 heterocycles. The number of nitrogens with two attached hydrogens (primary N) is 1. The molecule has 0 amide bonds. The van der Waals surface area contributed by atoms with Crippen LogP contribution in [-0.4, -0.2) is 33.3 Å². The van der Waals surface area contributed by atoms with Crippen LogP contribution in [0.5, 0.6) is 0 Å².